The number of aromatic nitrogens is 3. The average Bonchev–Trinajstić information content (AvgIpc) is 2.38. The molecule has 5 nitrogen and oxygen atoms in total. The molecule has 0 amide bonds. The van der Waals surface area contributed by atoms with E-state index in [9.17, 15) is 4.79 Å². The molecule has 0 aliphatic rings. The zero-order valence-electron chi connectivity index (χ0n) is 9.03. The minimum absolute atomic E-state index is 0.143. The van der Waals surface area contributed by atoms with Gasteiger partial charge in [-0.3, -0.25) is 4.79 Å². The van der Waals surface area contributed by atoms with Crippen LogP contribution < -0.4 is 11.3 Å². The van der Waals surface area contributed by atoms with Crippen molar-refractivity contribution in [2.24, 2.45) is 0 Å². The van der Waals surface area contributed by atoms with Crippen LogP contribution in [0, 0.1) is 0 Å². The van der Waals surface area contributed by atoms with Crippen LogP contribution in [-0.2, 0) is 5.41 Å². The average molecular weight is 206 g/mol. The van der Waals surface area contributed by atoms with Gasteiger partial charge in [-0.1, -0.05) is 20.8 Å². The van der Waals surface area contributed by atoms with Crippen molar-refractivity contribution in [3.63, 3.8) is 0 Å². The van der Waals surface area contributed by atoms with Crippen LogP contribution >= 0.6 is 0 Å². The first-order valence-electron chi connectivity index (χ1n) is 4.77. The molecule has 15 heavy (non-hydrogen) atoms. The van der Waals surface area contributed by atoms with E-state index in [1.165, 1.54) is 6.07 Å². The maximum Gasteiger partial charge on any atom is 0.251 e. The Morgan fingerprint density at radius 3 is 2.73 bits per heavy atom. The van der Waals surface area contributed by atoms with Crippen molar-refractivity contribution in [1.29, 1.82) is 0 Å². The molecule has 0 spiro atoms. The Labute approximate surface area is 86.9 Å². The molecule has 2 heterocycles. The number of fused-ring (bicyclic) bond motifs is 1. The quantitative estimate of drug-likeness (QED) is 0.672. The van der Waals surface area contributed by atoms with Crippen LogP contribution in [0.5, 0.6) is 0 Å². The highest BCUT2D eigenvalue weighted by Crippen LogP contribution is 2.29. The van der Waals surface area contributed by atoms with E-state index in [2.05, 4.69) is 10.1 Å². The molecule has 2 aromatic rings. The van der Waals surface area contributed by atoms with Crippen LogP contribution in [0.4, 0.5) is 5.82 Å². The predicted molar refractivity (Wildman–Crippen MR) is 58.9 cm³/mol. The number of aromatic amines is 1. The lowest BCUT2D eigenvalue weighted by molar-refractivity contribution is 0.596. The molecule has 0 fully saturated rings. The maximum atomic E-state index is 11.2. The minimum Gasteiger partial charge on any atom is -0.382 e. The van der Waals surface area contributed by atoms with Crippen molar-refractivity contribution in [3.05, 3.63) is 28.2 Å². The molecule has 0 aliphatic carbocycles. The lowest BCUT2D eigenvalue weighted by Crippen LogP contribution is -2.15. The van der Waals surface area contributed by atoms with E-state index in [1.807, 2.05) is 20.8 Å². The van der Waals surface area contributed by atoms with Crippen molar-refractivity contribution in [1.82, 2.24) is 14.6 Å². The third kappa shape index (κ3) is 1.49. The number of nitrogens with one attached hydrogen (secondary N) is 1. The molecular formula is C10H14N4O. The van der Waals surface area contributed by atoms with Crippen molar-refractivity contribution in [2.45, 2.75) is 26.2 Å². The van der Waals surface area contributed by atoms with Crippen molar-refractivity contribution in [2.75, 3.05) is 5.73 Å². The topological polar surface area (TPSA) is 76.2 Å². The molecule has 0 aromatic carbocycles. The lowest BCUT2D eigenvalue weighted by atomic mass is 9.88. The van der Waals surface area contributed by atoms with Crippen molar-refractivity contribution in [3.8, 4) is 0 Å². The van der Waals surface area contributed by atoms with E-state index in [-0.39, 0.29) is 11.0 Å². The van der Waals surface area contributed by atoms with Gasteiger partial charge in [0.15, 0.2) is 5.82 Å². The van der Waals surface area contributed by atoms with Gasteiger partial charge in [-0.15, -0.1) is 5.10 Å². The minimum atomic E-state index is -0.145. The van der Waals surface area contributed by atoms with E-state index >= 15 is 0 Å². The van der Waals surface area contributed by atoms with Crippen LogP contribution in [0.3, 0.4) is 0 Å². The van der Waals surface area contributed by atoms with Gasteiger partial charge in [0.1, 0.15) is 5.65 Å². The summed E-state index contributed by atoms with van der Waals surface area (Å²) < 4.78 is 1.59. The van der Waals surface area contributed by atoms with Crippen LogP contribution in [-0.4, -0.2) is 14.6 Å². The third-order valence-corrected chi connectivity index (χ3v) is 2.30. The summed E-state index contributed by atoms with van der Waals surface area (Å²) in [7, 11) is 0. The van der Waals surface area contributed by atoms with E-state index in [0.717, 1.165) is 5.56 Å². The van der Waals surface area contributed by atoms with Crippen LogP contribution in [0.15, 0.2) is 17.1 Å². The SMILES string of the molecule is CC(C)(C)c1c(N)nn2ccc(=O)[nH]c12. The first-order chi connectivity index (χ1) is 6.89. The number of nitrogen functional groups attached to an aromatic ring is 1. The van der Waals surface area contributed by atoms with Gasteiger partial charge in [-0.2, -0.15) is 0 Å². The number of rotatable bonds is 0. The number of nitrogens with two attached hydrogens (primary N) is 1. The molecule has 5 heteroatoms. The zero-order chi connectivity index (χ0) is 11.2. The Kier molecular flexibility index (Phi) is 1.86. The number of nitrogens with zero attached hydrogens (tertiary/aromatic N) is 2. The van der Waals surface area contributed by atoms with Gasteiger partial charge in [-0.05, 0) is 5.41 Å². The Morgan fingerprint density at radius 2 is 2.13 bits per heavy atom. The lowest BCUT2D eigenvalue weighted by Gasteiger charge is -2.17. The molecule has 2 aromatic heterocycles. The van der Waals surface area contributed by atoms with Crippen LogP contribution in [0.1, 0.15) is 26.3 Å². The van der Waals surface area contributed by atoms with E-state index < -0.39 is 0 Å². The summed E-state index contributed by atoms with van der Waals surface area (Å²) in [6, 6.07) is 1.42. The van der Waals surface area contributed by atoms with E-state index in [0.29, 0.717) is 11.5 Å². The maximum absolute atomic E-state index is 11.2. The second-order valence-electron chi connectivity index (χ2n) is 4.61. The van der Waals surface area contributed by atoms with Gasteiger partial charge < -0.3 is 10.7 Å². The smallest absolute Gasteiger partial charge is 0.251 e. The monoisotopic (exact) mass is 206 g/mol. The highest BCUT2D eigenvalue weighted by molar-refractivity contribution is 5.61. The fourth-order valence-electron chi connectivity index (χ4n) is 1.72. The first kappa shape index (κ1) is 9.76. The Morgan fingerprint density at radius 1 is 1.47 bits per heavy atom. The number of hydrogen-bond donors (Lipinski definition) is 2. The summed E-state index contributed by atoms with van der Waals surface area (Å²) in [5.41, 5.74) is 7.10. The second-order valence-corrected chi connectivity index (χ2v) is 4.61. The first-order valence-corrected chi connectivity index (χ1v) is 4.77. The standard InChI is InChI=1S/C10H14N4O/c1-10(2,3)7-8(11)13-14-5-4-6(15)12-9(7)14/h4-5H,1-3H3,(H2,11,13)(H,12,15). The molecule has 3 N–H and O–H groups in total. The van der Waals surface area contributed by atoms with E-state index in [1.54, 1.807) is 10.7 Å². The van der Waals surface area contributed by atoms with E-state index in [4.69, 9.17) is 5.73 Å². The zero-order valence-corrected chi connectivity index (χ0v) is 9.03. The molecule has 0 aliphatic heterocycles. The summed E-state index contributed by atoms with van der Waals surface area (Å²) in [6.07, 6.45) is 1.61. The summed E-state index contributed by atoms with van der Waals surface area (Å²) in [5.74, 6) is 0.462. The van der Waals surface area contributed by atoms with Gasteiger partial charge in [0.25, 0.3) is 5.56 Å². The molecule has 80 valence electrons. The van der Waals surface area contributed by atoms with Crippen molar-refractivity contribution < 1.29 is 0 Å². The second kappa shape index (κ2) is 2.85. The van der Waals surface area contributed by atoms with Gasteiger partial charge in [-0.25, -0.2) is 4.52 Å². The number of H-pyrrole nitrogens is 1. The fraction of sp³-hybridized carbons (Fsp3) is 0.400. The highest BCUT2D eigenvalue weighted by Gasteiger charge is 2.23. The van der Waals surface area contributed by atoms with Crippen LogP contribution in [0.25, 0.3) is 5.65 Å². The van der Waals surface area contributed by atoms with Gasteiger partial charge >= 0.3 is 0 Å². The van der Waals surface area contributed by atoms with Gasteiger partial charge in [0.2, 0.25) is 0 Å². The molecular weight excluding hydrogens is 192 g/mol. The van der Waals surface area contributed by atoms with Crippen molar-refractivity contribution >= 4 is 11.5 Å². The summed E-state index contributed by atoms with van der Waals surface area (Å²) in [4.78, 5) is 14.0. The number of anilines is 1. The summed E-state index contributed by atoms with van der Waals surface area (Å²) in [6.45, 7) is 6.10. The molecule has 0 saturated heterocycles. The molecule has 0 saturated carbocycles. The normalized spacial score (nSPS) is 12.2. The fourth-order valence-corrected chi connectivity index (χ4v) is 1.72. The number of hydrogen-bond acceptors (Lipinski definition) is 3. The Bertz CT molecular complexity index is 559. The summed E-state index contributed by atoms with van der Waals surface area (Å²) in [5, 5.41) is 4.14. The molecule has 0 bridgehead atoms. The van der Waals surface area contributed by atoms with Gasteiger partial charge in [0, 0.05) is 17.8 Å². The molecule has 0 unspecified atom stereocenters. The summed E-state index contributed by atoms with van der Waals surface area (Å²) >= 11 is 0. The largest absolute Gasteiger partial charge is 0.382 e. The Hall–Kier alpha value is -1.78. The highest BCUT2D eigenvalue weighted by atomic mass is 16.1. The Balaban J connectivity index is 2.88. The van der Waals surface area contributed by atoms with Crippen LogP contribution in [0.2, 0.25) is 0 Å². The predicted octanol–water partition coefficient (Wildman–Crippen LogP) is 0.902. The molecule has 2 rings (SSSR count). The molecule has 0 radical (unpaired) electrons. The third-order valence-electron chi connectivity index (χ3n) is 2.30. The molecule has 0 atom stereocenters. The van der Waals surface area contributed by atoms with Gasteiger partial charge in [0.05, 0.1) is 0 Å².